The van der Waals surface area contributed by atoms with E-state index in [2.05, 4.69) is 20.9 Å². The van der Waals surface area contributed by atoms with E-state index in [1.165, 1.54) is 25.7 Å². The highest BCUT2D eigenvalue weighted by atomic mass is 32.2. The number of piperidine rings is 1. The van der Waals surface area contributed by atoms with Crippen molar-refractivity contribution >= 4 is 21.8 Å². The van der Waals surface area contributed by atoms with Crippen LogP contribution < -0.4 is 16.0 Å². The summed E-state index contributed by atoms with van der Waals surface area (Å²) in [5.74, 6) is 2.25. The summed E-state index contributed by atoms with van der Waals surface area (Å²) in [6, 6.07) is -0.655. The van der Waals surface area contributed by atoms with Crippen molar-refractivity contribution in [1.82, 2.24) is 20.9 Å². The Morgan fingerprint density at radius 3 is 2.16 bits per heavy atom. The van der Waals surface area contributed by atoms with Crippen LogP contribution in [0.15, 0.2) is 0 Å². The number of amides is 3. The third-order valence-corrected chi connectivity index (χ3v) is 10.3. The molecule has 2 unspecified atom stereocenters. The van der Waals surface area contributed by atoms with Gasteiger partial charge in [-0.1, -0.05) is 6.42 Å². The summed E-state index contributed by atoms with van der Waals surface area (Å²) in [4.78, 5) is 27.3. The van der Waals surface area contributed by atoms with Crippen molar-refractivity contribution in [3.63, 3.8) is 0 Å². The molecule has 2 heterocycles. The molecule has 0 aromatic heterocycles. The maximum Gasteiger partial charge on any atom is 0.315 e. The van der Waals surface area contributed by atoms with Gasteiger partial charge in [-0.15, -0.1) is 0 Å². The van der Waals surface area contributed by atoms with Gasteiger partial charge in [-0.05, 0) is 82.2 Å². The van der Waals surface area contributed by atoms with Gasteiger partial charge >= 0.3 is 6.03 Å². The third-order valence-electron chi connectivity index (χ3n) is 8.58. The number of nitrogens with zero attached hydrogens (tertiary/aromatic N) is 1. The van der Waals surface area contributed by atoms with Gasteiger partial charge < -0.3 is 16.0 Å². The molecule has 2 atom stereocenters. The van der Waals surface area contributed by atoms with E-state index in [1.807, 2.05) is 0 Å². The van der Waals surface area contributed by atoms with E-state index in [0.29, 0.717) is 0 Å². The highest BCUT2D eigenvalue weighted by Gasteiger charge is 2.51. The number of rotatable bonds is 6. The number of hydrogen-bond acceptors (Lipinski definition) is 5. The lowest BCUT2D eigenvalue weighted by Crippen LogP contribution is -2.61. The van der Waals surface area contributed by atoms with Crippen LogP contribution in [0.4, 0.5) is 4.79 Å². The molecule has 4 saturated carbocycles. The zero-order chi connectivity index (χ0) is 22.3. The minimum absolute atomic E-state index is 0.0137. The smallest absolute Gasteiger partial charge is 0.315 e. The van der Waals surface area contributed by atoms with E-state index in [4.69, 9.17) is 0 Å². The highest BCUT2D eigenvalue weighted by molar-refractivity contribution is 7.91. The Morgan fingerprint density at radius 2 is 1.53 bits per heavy atom. The molecule has 3 amide bonds. The normalized spacial score (nSPS) is 40.2. The van der Waals surface area contributed by atoms with E-state index in [9.17, 15) is 18.0 Å². The Labute approximate surface area is 191 Å². The Kier molecular flexibility index (Phi) is 6.16. The Balaban J connectivity index is 1.08. The summed E-state index contributed by atoms with van der Waals surface area (Å²) >= 11 is 0. The Hall–Kier alpha value is -1.35. The fourth-order valence-electron chi connectivity index (χ4n) is 7.69. The summed E-state index contributed by atoms with van der Waals surface area (Å²) in [7, 11) is -3.14. The summed E-state index contributed by atoms with van der Waals surface area (Å²) in [6.07, 6.45) is 10.8. The van der Waals surface area contributed by atoms with Gasteiger partial charge in [-0.3, -0.25) is 9.69 Å². The molecule has 180 valence electrons. The van der Waals surface area contributed by atoms with E-state index < -0.39 is 9.84 Å². The predicted molar refractivity (Wildman–Crippen MR) is 122 cm³/mol. The van der Waals surface area contributed by atoms with Crippen molar-refractivity contribution in [2.75, 3.05) is 31.1 Å². The summed E-state index contributed by atoms with van der Waals surface area (Å²) in [5.41, 5.74) is -0.0407. The van der Waals surface area contributed by atoms with E-state index in [0.717, 1.165) is 62.9 Å². The SMILES string of the molecule is O=C(CCNC(=O)NC12CC3CC(CC(C3)C1)C2)NC1CS(=O)(=O)CC1N1CCCCC1. The monoisotopic (exact) mass is 466 g/mol. The maximum atomic E-state index is 12.6. The maximum absolute atomic E-state index is 12.6. The molecule has 3 N–H and O–H groups in total. The lowest BCUT2D eigenvalue weighted by molar-refractivity contribution is -0.121. The van der Waals surface area contributed by atoms with Gasteiger partial charge in [0.1, 0.15) is 0 Å². The zero-order valence-electron chi connectivity index (χ0n) is 19.0. The van der Waals surface area contributed by atoms with Crippen molar-refractivity contribution in [2.45, 2.75) is 81.8 Å². The average Bonchev–Trinajstić information content (AvgIpc) is 3.01. The molecule has 0 aromatic rings. The first kappa shape index (κ1) is 22.4. The largest absolute Gasteiger partial charge is 0.351 e. The molecule has 32 heavy (non-hydrogen) atoms. The topological polar surface area (TPSA) is 108 Å². The zero-order valence-corrected chi connectivity index (χ0v) is 19.8. The van der Waals surface area contributed by atoms with Crippen molar-refractivity contribution in [3.8, 4) is 0 Å². The fourth-order valence-corrected chi connectivity index (χ4v) is 9.65. The van der Waals surface area contributed by atoms with Crippen molar-refractivity contribution in [2.24, 2.45) is 17.8 Å². The molecule has 2 aliphatic heterocycles. The van der Waals surface area contributed by atoms with Crippen molar-refractivity contribution < 1.29 is 18.0 Å². The molecule has 0 aromatic carbocycles. The lowest BCUT2D eigenvalue weighted by Gasteiger charge is -2.56. The summed E-state index contributed by atoms with van der Waals surface area (Å²) in [6.45, 7) is 2.06. The van der Waals surface area contributed by atoms with E-state index >= 15 is 0 Å². The van der Waals surface area contributed by atoms with Crippen molar-refractivity contribution in [1.29, 1.82) is 0 Å². The number of carbonyl (C=O) groups excluding carboxylic acids is 2. The molecule has 6 aliphatic rings. The average molecular weight is 467 g/mol. The van der Waals surface area contributed by atoms with Crippen molar-refractivity contribution in [3.05, 3.63) is 0 Å². The Morgan fingerprint density at radius 1 is 0.906 bits per heavy atom. The number of likely N-dealkylation sites (tertiary alicyclic amines) is 1. The first-order valence-electron chi connectivity index (χ1n) is 12.6. The molecule has 6 rings (SSSR count). The number of nitrogens with one attached hydrogen (secondary N) is 3. The van der Waals surface area contributed by atoms with Gasteiger partial charge in [0.15, 0.2) is 9.84 Å². The second kappa shape index (κ2) is 8.78. The molecular weight excluding hydrogens is 428 g/mol. The van der Waals surface area contributed by atoms with Crippen LogP contribution >= 0.6 is 0 Å². The van der Waals surface area contributed by atoms with Gasteiger partial charge in [0, 0.05) is 24.5 Å². The number of carbonyl (C=O) groups is 2. The highest BCUT2D eigenvalue weighted by Crippen LogP contribution is 2.55. The van der Waals surface area contributed by atoms with Crippen LogP contribution in [0.3, 0.4) is 0 Å². The van der Waals surface area contributed by atoms with Crippen LogP contribution in [0.25, 0.3) is 0 Å². The second-order valence-corrected chi connectivity index (χ2v) is 13.4. The third kappa shape index (κ3) is 4.93. The molecule has 9 heteroatoms. The summed E-state index contributed by atoms with van der Waals surface area (Å²) < 4.78 is 24.5. The molecule has 4 aliphatic carbocycles. The number of urea groups is 1. The molecule has 0 radical (unpaired) electrons. The lowest BCUT2D eigenvalue weighted by atomic mass is 9.53. The van der Waals surface area contributed by atoms with E-state index in [1.54, 1.807) is 0 Å². The number of hydrogen-bond donors (Lipinski definition) is 3. The van der Waals surface area contributed by atoms with Gasteiger partial charge in [-0.2, -0.15) is 0 Å². The van der Waals surface area contributed by atoms with Crippen LogP contribution in [-0.2, 0) is 14.6 Å². The Bertz CT molecular complexity index is 804. The minimum Gasteiger partial charge on any atom is -0.351 e. The van der Waals surface area contributed by atoms with E-state index in [-0.39, 0.29) is 54.0 Å². The molecule has 2 saturated heterocycles. The van der Waals surface area contributed by atoms with Gasteiger partial charge in [0.2, 0.25) is 5.91 Å². The van der Waals surface area contributed by atoms with Gasteiger partial charge in [0.25, 0.3) is 0 Å². The number of sulfone groups is 1. The van der Waals surface area contributed by atoms with Crippen LogP contribution in [0, 0.1) is 17.8 Å². The summed E-state index contributed by atoms with van der Waals surface area (Å²) in [5, 5.41) is 9.08. The van der Waals surface area contributed by atoms with Crippen LogP contribution in [0.5, 0.6) is 0 Å². The van der Waals surface area contributed by atoms with Crippen LogP contribution in [0.1, 0.15) is 64.2 Å². The first-order valence-corrected chi connectivity index (χ1v) is 14.4. The minimum atomic E-state index is -3.14. The standard InChI is InChI=1S/C23H38N4O4S/c28-21(25-19-14-32(30,31)15-20(19)27-6-2-1-3-7-27)4-5-24-22(29)26-23-11-16-8-17(12-23)10-18(9-16)13-23/h16-20H,1-15H2,(H,25,28)(H2,24,26,29). The molecular formula is C23H38N4O4S. The fraction of sp³-hybridized carbons (Fsp3) is 0.913. The van der Waals surface area contributed by atoms with Gasteiger partial charge in [-0.25, -0.2) is 13.2 Å². The van der Waals surface area contributed by atoms with Crippen LogP contribution in [0.2, 0.25) is 0 Å². The molecule has 4 bridgehead atoms. The quantitative estimate of drug-likeness (QED) is 0.549. The first-order chi connectivity index (χ1) is 15.3. The predicted octanol–water partition coefficient (Wildman–Crippen LogP) is 1.41. The molecule has 6 fully saturated rings. The van der Waals surface area contributed by atoms with Crippen LogP contribution in [-0.4, -0.2) is 74.0 Å². The molecule has 0 spiro atoms. The molecule has 8 nitrogen and oxygen atoms in total. The van der Waals surface area contributed by atoms with Gasteiger partial charge in [0.05, 0.1) is 17.5 Å². The second-order valence-electron chi connectivity index (χ2n) is 11.2.